The van der Waals surface area contributed by atoms with E-state index in [0.29, 0.717) is 79.3 Å². The summed E-state index contributed by atoms with van der Waals surface area (Å²) in [6.07, 6.45) is 0. The summed E-state index contributed by atoms with van der Waals surface area (Å²) >= 11 is 0. The Morgan fingerprint density at radius 3 is 0.730 bits per heavy atom. The number of carbonyl (C=O) groups is 6. The summed E-state index contributed by atoms with van der Waals surface area (Å²) in [5, 5.41) is 6.25. The molecule has 141 heavy (non-hydrogen) atoms. The summed E-state index contributed by atoms with van der Waals surface area (Å²) < 4.78 is 26.2. The monoisotopic (exact) mass is 1820 g/mol. The molecule has 0 aliphatic carbocycles. The van der Waals surface area contributed by atoms with Crippen molar-refractivity contribution in [3.05, 3.63) is 528 Å². The van der Waals surface area contributed by atoms with Gasteiger partial charge >= 0.3 is 0 Å². The van der Waals surface area contributed by atoms with Gasteiger partial charge in [-0.05, 0) is 254 Å². The van der Waals surface area contributed by atoms with E-state index < -0.39 is 11.6 Å². The molecule has 0 radical (unpaired) electrons. The lowest BCUT2D eigenvalue weighted by molar-refractivity contribution is 0.101. The second-order valence-corrected chi connectivity index (χ2v) is 35.5. The van der Waals surface area contributed by atoms with E-state index in [1.807, 2.05) is 291 Å². The molecular formula is C126H76N6O9. The van der Waals surface area contributed by atoms with Crippen molar-refractivity contribution in [2.45, 2.75) is 0 Å². The minimum Gasteiger partial charge on any atom is -0.453 e. The van der Waals surface area contributed by atoms with Gasteiger partial charge in [-0.15, -0.1) is 0 Å². The minimum atomic E-state index is -0.410. The van der Waals surface area contributed by atoms with Crippen molar-refractivity contribution in [2.75, 3.05) is 14.7 Å². The molecule has 6 heterocycles. The number of benzene rings is 20. The smallest absolute Gasteiger partial charge is 0.193 e. The fraction of sp³-hybridized carbons (Fsp3) is 0. The average Bonchev–Trinajstić information content (AvgIpc) is 1.61. The number of rotatable bonds is 19. The highest BCUT2D eigenvalue weighted by Gasteiger charge is 2.34. The molecule has 0 unspecified atom stereocenters. The fourth-order valence-corrected chi connectivity index (χ4v) is 20.8. The molecule has 23 aromatic rings. The van der Waals surface area contributed by atoms with Gasteiger partial charge in [0.25, 0.3) is 0 Å². The number of anilines is 9. The van der Waals surface area contributed by atoms with Crippen LogP contribution in [0, 0.1) is 0 Å². The summed E-state index contributed by atoms with van der Waals surface area (Å²) in [6.45, 7) is 0. The molecule has 0 saturated heterocycles. The maximum atomic E-state index is 16.0. The van der Waals surface area contributed by atoms with Crippen LogP contribution in [0.25, 0.3) is 93.6 Å². The molecule has 0 fully saturated rings. The molecule has 20 aromatic carbocycles. The first-order valence-corrected chi connectivity index (χ1v) is 46.6. The highest BCUT2D eigenvalue weighted by Crippen LogP contribution is 2.56. The number of hydrogen-bond acceptors (Lipinski definition) is 12. The lowest BCUT2D eigenvalue weighted by Gasteiger charge is -2.34. The van der Waals surface area contributed by atoms with E-state index in [1.165, 1.54) is 0 Å². The van der Waals surface area contributed by atoms with Crippen LogP contribution in [0.3, 0.4) is 0 Å². The van der Waals surface area contributed by atoms with Crippen molar-refractivity contribution in [3.8, 4) is 62.7 Å². The third kappa shape index (κ3) is 13.9. The van der Waals surface area contributed by atoms with E-state index in [2.05, 4.69) is 107 Å². The van der Waals surface area contributed by atoms with Crippen LogP contribution >= 0.6 is 0 Å². The third-order valence-electron chi connectivity index (χ3n) is 27.3. The van der Waals surface area contributed by atoms with Crippen LogP contribution in [-0.4, -0.2) is 48.4 Å². The largest absolute Gasteiger partial charge is 0.453 e. The number of carbonyl (C=O) groups excluding carboxylic acids is 6. The van der Waals surface area contributed by atoms with Crippen LogP contribution in [0.5, 0.6) is 34.5 Å². The van der Waals surface area contributed by atoms with Gasteiger partial charge in [0.2, 0.25) is 0 Å². The van der Waals surface area contributed by atoms with Crippen LogP contribution in [0.15, 0.2) is 461 Å². The van der Waals surface area contributed by atoms with Gasteiger partial charge in [-0.1, -0.05) is 212 Å². The molecule has 3 aromatic heterocycles. The molecule has 15 heteroatoms. The minimum absolute atomic E-state index is 0.140. The summed E-state index contributed by atoms with van der Waals surface area (Å²) in [4.78, 5) is 99.6. The zero-order valence-electron chi connectivity index (χ0n) is 75.2. The standard InChI is InChI=1S/C126H76N6O9/c133-120(77-53-60-90(61-54-77)127-108-42-11-16-48-115(108)139-116-49-17-12-43-109(116)127)84-67-85(121(134)78-55-62-91(63-56-78)128-110-44-13-18-50-117(110)140-118-51-19-14-45-111(118)128)69-86(68-84)122(135)79-57-64-92(65-58-79)129-112-46-15-20-52-119(112)141-126-96(36-24-47-113(126)129)80-59-66-102-101-35-5-10-41-107(101)132(114(102)76-80)95-30-23-27-83(75-95)125(138)89-71-87(123(136)81-25-21-28-93(73-81)130-103-37-6-1-31-97(103)98-32-2-7-38-104(98)130)70-88(72-89)124(137)82-26-22-29-94(74-82)131-105-39-8-3-33-99(105)100-34-4-9-40-106(100)131/h1-76H. The average molecular weight is 1820 g/mol. The molecule has 26 rings (SSSR count). The Morgan fingerprint density at radius 2 is 0.411 bits per heavy atom. The van der Waals surface area contributed by atoms with Gasteiger partial charge in [-0.3, -0.25) is 28.8 Å². The van der Waals surface area contributed by atoms with Crippen molar-refractivity contribution in [3.63, 3.8) is 0 Å². The van der Waals surface area contributed by atoms with E-state index in [1.54, 1.807) is 91.0 Å². The summed E-state index contributed by atoms with van der Waals surface area (Å²) in [5.41, 5.74) is 19.7. The molecule has 664 valence electrons. The fourth-order valence-electron chi connectivity index (χ4n) is 20.8. The first-order chi connectivity index (χ1) is 69.4. The maximum absolute atomic E-state index is 16.0. The summed E-state index contributed by atoms with van der Waals surface area (Å²) in [7, 11) is 0. The Hall–Kier alpha value is -19.4. The van der Waals surface area contributed by atoms with Gasteiger partial charge in [-0.25, -0.2) is 0 Å². The van der Waals surface area contributed by atoms with Crippen LogP contribution in [0.4, 0.5) is 51.2 Å². The molecule has 3 aliphatic rings. The van der Waals surface area contributed by atoms with Crippen LogP contribution in [0.2, 0.25) is 0 Å². The Balaban J connectivity index is 0.534. The van der Waals surface area contributed by atoms with E-state index >= 15 is 28.8 Å². The highest BCUT2D eigenvalue weighted by molar-refractivity contribution is 6.21. The van der Waals surface area contributed by atoms with Gasteiger partial charge in [0.15, 0.2) is 69.2 Å². The van der Waals surface area contributed by atoms with Gasteiger partial charge in [0.1, 0.15) is 0 Å². The van der Waals surface area contributed by atoms with Gasteiger partial charge < -0.3 is 42.6 Å². The Morgan fingerprint density at radius 1 is 0.163 bits per heavy atom. The van der Waals surface area contributed by atoms with Crippen LogP contribution < -0.4 is 28.9 Å². The number of hydrogen-bond donors (Lipinski definition) is 0. The van der Waals surface area contributed by atoms with Crippen LogP contribution in [-0.2, 0) is 0 Å². The van der Waals surface area contributed by atoms with Gasteiger partial charge in [0.05, 0.1) is 67.2 Å². The number of fused-ring (bicyclic) bond motifs is 15. The SMILES string of the molecule is O=C(c1ccc(N2c3ccccc3Oc3ccccc32)cc1)c1cc(C(=O)c2ccc(N3c4ccccc4Oc4ccccc43)cc2)cc(C(=O)c2ccc(N3c4ccccc4Oc4c(-c5ccc6c7ccccc7n(-c7cccc(C(=O)c8cc(C(=O)c9cccc(-n%10c%11ccccc%11c%11ccccc%11%10)c9)cc(C(=O)c9cccc(-n%10c%11ccccc%11c%11ccccc%11%10)c9)c8)c7)c6c5)cccc43)cc2)c1. The zero-order chi connectivity index (χ0) is 94.2. The van der Waals surface area contributed by atoms with Crippen molar-refractivity contribution in [1.29, 1.82) is 0 Å². The Kier molecular flexibility index (Phi) is 19.4. The lowest BCUT2D eigenvalue weighted by Crippen LogP contribution is -2.16. The van der Waals surface area contributed by atoms with E-state index in [9.17, 15) is 0 Å². The van der Waals surface area contributed by atoms with E-state index in [-0.39, 0.29) is 56.5 Å². The second-order valence-electron chi connectivity index (χ2n) is 35.5. The Bertz CT molecular complexity index is 8710. The topological polar surface area (TPSA) is 155 Å². The highest BCUT2D eigenvalue weighted by atomic mass is 16.5. The quantitative estimate of drug-likeness (QED) is 0.0708. The lowest BCUT2D eigenvalue weighted by atomic mass is 9.92. The number of ether oxygens (including phenoxy) is 3. The molecule has 0 spiro atoms. The predicted octanol–water partition coefficient (Wildman–Crippen LogP) is 30.8. The first kappa shape index (κ1) is 82.3. The number of para-hydroxylation sites is 16. The molecule has 0 amide bonds. The number of aromatic nitrogens is 3. The molecule has 3 aliphatic heterocycles. The third-order valence-corrected chi connectivity index (χ3v) is 27.3. The molecule has 15 nitrogen and oxygen atoms in total. The summed E-state index contributed by atoms with van der Waals surface area (Å²) in [6, 6.07) is 147. The van der Waals surface area contributed by atoms with Crippen LogP contribution in [0.1, 0.15) is 95.5 Å². The molecule has 0 N–H and O–H groups in total. The maximum Gasteiger partial charge on any atom is 0.193 e. The number of nitrogens with zero attached hydrogens (tertiary/aromatic N) is 6. The summed E-state index contributed by atoms with van der Waals surface area (Å²) in [5.74, 6) is 1.59. The number of ketones is 6. The van der Waals surface area contributed by atoms with Crippen molar-refractivity contribution < 1.29 is 43.0 Å². The molecule has 0 bridgehead atoms. The first-order valence-electron chi connectivity index (χ1n) is 46.6. The van der Waals surface area contributed by atoms with Crippen molar-refractivity contribution in [2.24, 2.45) is 0 Å². The van der Waals surface area contributed by atoms with E-state index in [0.717, 1.165) is 133 Å². The van der Waals surface area contributed by atoms with Gasteiger partial charge in [-0.2, -0.15) is 0 Å². The normalized spacial score (nSPS) is 12.3. The van der Waals surface area contributed by atoms with E-state index in [4.69, 9.17) is 14.2 Å². The van der Waals surface area contributed by atoms with Crippen molar-refractivity contribution in [1.82, 2.24) is 13.7 Å². The molecular weight excluding hydrogens is 1740 g/mol. The predicted molar refractivity (Wildman–Crippen MR) is 558 cm³/mol. The second kappa shape index (κ2) is 33.3. The zero-order valence-corrected chi connectivity index (χ0v) is 75.2. The molecule has 0 atom stereocenters. The van der Waals surface area contributed by atoms with Gasteiger partial charge in [0, 0.05) is 139 Å². The van der Waals surface area contributed by atoms with Crippen molar-refractivity contribution >= 4 is 151 Å². The Labute approximate surface area is 807 Å². The molecule has 0 saturated carbocycles.